The zero-order valence-corrected chi connectivity index (χ0v) is 9.06. The van der Waals surface area contributed by atoms with E-state index in [9.17, 15) is 9.59 Å². The lowest BCUT2D eigenvalue weighted by atomic mass is 10.1. The Hall–Kier alpha value is -1.84. The number of benzene rings is 1. The van der Waals surface area contributed by atoms with Gasteiger partial charge in [-0.3, -0.25) is 4.79 Å². The number of amides is 1. The Labute approximate surface area is 93.5 Å². The third kappa shape index (κ3) is 1.66. The topological polar surface area (TPSA) is 57.6 Å². The van der Waals surface area contributed by atoms with E-state index in [-0.39, 0.29) is 11.5 Å². The number of carbonyl (C=O) groups is 2. The predicted molar refractivity (Wildman–Crippen MR) is 59.7 cm³/mol. The Morgan fingerprint density at radius 1 is 1.44 bits per heavy atom. The predicted octanol–water partition coefficient (Wildman–Crippen LogP) is 1.68. The van der Waals surface area contributed by atoms with Crippen LogP contribution >= 0.6 is 0 Å². The summed E-state index contributed by atoms with van der Waals surface area (Å²) in [5.41, 5.74) is 2.09. The van der Waals surface area contributed by atoms with Gasteiger partial charge >= 0.3 is 5.97 Å². The first-order valence-electron chi connectivity index (χ1n) is 5.30. The third-order valence-corrected chi connectivity index (χ3v) is 2.83. The molecule has 1 aromatic carbocycles. The van der Waals surface area contributed by atoms with Crippen molar-refractivity contribution in [3.05, 3.63) is 29.3 Å². The van der Waals surface area contributed by atoms with Crippen molar-refractivity contribution in [1.29, 1.82) is 0 Å². The van der Waals surface area contributed by atoms with Crippen LogP contribution in [0.15, 0.2) is 18.2 Å². The van der Waals surface area contributed by atoms with E-state index in [1.165, 1.54) is 0 Å². The normalized spacial score (nSPS) is 13.7. The summed E-state index contributed by atoms with van der Waals surface area (Å²) in [5, 5.41) is 8.86. The van der Waals surface area contributed by atoms with Crippen LogP contribution in [-0.2, 0) is 11.2 Å². The number of carbonyl (C=O) groups excluding carboxylic acids is 1. The van der Waals surface area contributed by atoms with Crippen LogP contribution in [0.3, 0.4) is 0 Å². The first-order valence-corrected chi connectivity index (χ1v) is 5.30. The highest BCUT2D eigenvalue weighted by molar-refractivity contribution is 5.96. The summed E-state index contributed by atoms with van der Waals surface area (Å²) in [6, 6.07) is 4.92. The molecule has 1 aliphatic heterocycles. The van der Waals surface area contributed by atoms with E-state index in [1.54, 1.807) is 23.1 Å². The smallest absolute Gasteiger partial charge is 0.335 e. The highest BCUT2D eigenvalue weighted by Gasteiger charge is 2.24. The van der Waals surface area contributed by atoms with E-state index in [1.807, 2.05) is 6.92 Å². The monoisotopic (exact) mass is 219 g/mol. The maximum atomic E-state index is 11.6. The van der Waals surface area contributed by atoms with Crippen LogP contribution in [-0.4, -0.2) is 23.5 Å². The molecule has 0 atom stereocenters. The van der Waals surface area contributed by atoms with Gasteiger partial charge < -0.3 is 10.0 Å². The van der Waals surface area contributed by atoms with E-state index in [0.29, 0.717) is 13.0 Å². The number of carboxylic acid groups (broad SMARTS) is 1. The summed E-state index contributed by atoms with van der Waals surface area (Å²) in [6.07, 6.45) is 1.21. The second kappa shape index (κ2) is 3.96. The fraction of sp³-hybridized carbons (Fsp3) is 0.333. The molecule has 0 aromatic heterocycles. The van der Waals surface area contributed by atoms with Crippen LogP contribution in [0, 0.1) is 0 Å². The average molecular weight is 219 g/mol. The average Bonchev–Trinajstić information content (AvgIpc) is 2.70. The highest BCUT2D eigenvalue weighted by Crippen LogP contribution is 2.29. The minimum Gasteiger partial charge on any atom is -0.478 e. The van der Waals surface area contributed by atoms with Crippen LogP contribution < -0.4 is 4.90 Å². The zero-order chi connectivity index (χ0) is 11.7. The summed E-state index contributed by atoms with van der Waals surface area (Å²) in [4.78, 5) is 24.1. The Balaban J connectivity index is 2.36. The van der Waals surface area contributed by atoms with Gasteiger partial charge in [0.05, 0.1) is 5.56 Å². The molecule has 0 saturated heterocycles. The van der Waals surface area contributed by atoms with Gasteiger partial charge in [-0.2, -0.15) is 0 Å². The van der Waals surface area contributed by atoms with Crippen molar-refractivity contribution in [2.75, 3.05) is 11.4 Å². The van der Waals surface area contributed by atoms with E-state index in [2.05, 4.69) is 0 Å². The number of aromatic carboxylic acids is 1. The Bertz CT molecular complexity index is 454. The Kier molecular flexibility index (Phi) is 2.64. The fourth-order valence-corrected chi connectivity index (χ4v) is 1.98. The standard InChI is InChI=1S/C12H13NO3/c1-2-11(14)13-6-5-8-7-9(12(15)16)3-4-10(8)13/h3-4,7H,2,5-6H2,1H3,(H,15,16). The molecular formula is C12H13NO3. The van der Waals surface area contributed by atoms with Crippen LogP contribution in [0.5, 0.6) is 0 Å². The molecule has 1 heterocycles. The van der Waals surface area contributed by atoms with Crippen molar-refractivity contribution >= 4 is 17.6 Å². The Morgan fingerprint density at radius 3 is 2.81 bits per heavy atom. The highest BCUT2D eigenvalue weighted by atomic mass is 16.4. The van der Waals surface area contributed by atoms with Crippen molar-refractivity contribution in [3.63, 3.8) is 0 Å². The zero-order valence-electron chi connectivity index (χ0n) is 9.06. The van der Waals surface area contributed by atoms with Crippen LogP contribution in [0.1, 0.15) is 29.3 Å². The van der Waals surface area contributed by atoms with Crippen LogP contribution in [0.25, 0.3) is 0 Å². The lowest BCUT2D eigenvalue weighted by Gasteiger charge is -2.16. The van der Waals surface area contributed by atoms with Crippen LogP contribution in [0.2, 0.25) is 0 Å². The van der Waals surface area contributed by atoms with Crippen molar-refractivity contribution in [2.45, 2.75) is 19.8 Å². The Morgan fingerprint density at radius 2 is 2.19 bits per heavy atom. The molecule has 0 saturated carbocycles. The maximum absolute atomic E-state index is 11.6. The third-order valence-electron chi connectivity index (χ3n) is 2.83. The van der Waals surface area contributed by atoms with Gasteiger partial charge in [-0.25, -0.2) is 4.79 Å². The van der Waals surface area contributed by atoms with E-state index < -0.39 is 5.97 Å². The summed E-state index contributed by atoms with van der Waals surface area (Å²) < 4.78 is 0. The van der Waals surface area contributed by atoms with Crippen molar-refractivity contribution in [2.24, 2.45) is 0 Å². The van der Waals surface area contributed by atoms with E-state index in [0.717, 1.165) is 17.7 Å². The molecule has 16 heavy (non-hydrogen) atoms. The van der Waals surface area contributed by atoms with Gasteiger partial charge in [0.2, 0.25) is 5.91 Å². The molecule has 1 aliphatic rings. The SMILES string of the molecule is CCC(=O)N1CCc2cc(C(=O)O)ccc21. The maximum Gasteiger partial charge on any atom is 0.335 e. The fourth-order valence-electron chi connectivity index (χ4n) is 1.98. The minimum atomic E-state index is -0.928. The molecular weight excluding hydrogens is 206 g/mol. The van der Waals surface area contributed by atoms with Crippen molar-refractivity contribution in [3.8, 4) is 0 Å². The number of hydrogen-bond acceptors (Lipinski definition) is 2. The van der Waals surface area contributed by atoms with Crippen LogP contribution in [0.4, 0.5) is 5.69 Å². The first-order chi connectivity index (χ1) is 7.63. The number of hydrogen-bond donors (Lipinski definition) is 1. The van der Waals surface area contributed by atoms with Gasteiger partial charge in [0.25, 0.3) is 0 Å². The molecule has 4 heteroatoms. The number of fused-ring (bicyclic) bond motifs is 1. The second-order valence-corrected chi connectivity index (χ2v) is 3.80. The van der Waals surface area contributed by atoms with Gasteiger partial charge in [-0.15, -0.1) is 0 Å². The number of rotatable bonds is 2. The van der Waals surface area contributed by atoms with Gasteiger partial charge in [-0.1, -0.05) is 6.92 Å². The van der Waals surface area contributed by atoms with Crippen molar-refractivity contribution in [1.82, 2.24) is 0 Å². The molecule has 1 N–H and O–H groups in total. The largest absolute Gasteiger partial charge is 0.478 e. The lowest BCUT2D eigenvalue weighted by Crippen LogP contribution is -2.27. The lowest BCUT2D eigenvalue weighted by molar-refractivity contribution is -0.118. The number of nitrogens with zero attached hydrogens (tertiary/aromatic N) is 1. The molecule has 84 valence electrons. The molecule has 0 unspecified atom stereocenters. The van der Waals surface area contributed by atoms with Gasteiger partial charge in [-0.05, 0) is 30.2 Å². The molecule has 0 fully saturated rings. The number of carboxylic acids is 1. The molecule has 0 spiro atoms. The molecule has 0 bridgehead atoms. The molecule has 2 rings (SSSR count). The second-order valence-electron chi connectivity index (χ2n) is 3.80. The number of anilines is 1. The quantitative estimate of drug-likeness (QED) is 0.823. The van der Waals surface area contributed by atoms with Gasteiger partial charge in [0.15, 0.2) is 0 Å². The molecule has 0 aliphatic carbocycles. The summed E-state index contributed by atoms with van der Waals surface area (Å²) in [6.45, 7) is 2.48. The molecule has 1 aromatic rings. The van der Waals surface area contributed by atoms with E-state index in [4.69, 9.17) is 5.11 Å². The van der Waals surface area contributed by atoms with Gasteiger partial charge in [0.1, 0.15) is 0 Å². The van der Waals surface area contributed by atoms with Gasteiger partial charge in [0, 0.05) is 18.7 Å². The molecule has 4 nitrogen and oxygen atoms in total. The first kappa shape index (κ1) is 10.7. The summed E-state index contributed by atoms with van der Waals surface area (Å²) >= 11 is 0. The van der Waals surface area contributed by atoms with E-state index >= 15 is 0 Å². The van der Waals surface area contributed by atoms with Crippen molar-refractivity contribution < 1.29 is 14.7 Å². The molecule has 0 radical (unpaired) electrons. The minimum absolute atomic E-state index is 0.0850. The summed E-state index contributed by atoms with van der Waals surface area (Å²) in [5.74, 6) is -0.843. The molecule has 1 amide bonds. The summed E-state index contributed by atoms with van der Waals surface area (Å²) in [7, 11) is 0.